The average molecular weight is 520 g/mol. The van der Waals surface area contributed by atoms with Crippen LogP contribution in [-0.2, 0) is 4.74 Å². The van der Waals surface area contributed by atoms with Gasteiger partial charge in [-0.25, -0.2) is 4.79 Å². The standard InChI is InChI=1S/C28H33N5O3S/c1-19-18-22(20(2)33(19)24-10-4-3-8-21(24)27(34)35)26-25(23-9-5-6-11-29-23)30-28(37)32(26)13-7-12-31-14-16-36-17-15-31/h3-6,8-11,18,25-26H,7,12-17H2,1-2H3,(H,30,37)(H,34,35)/t25-,26+/m1/s1. The van der Waals surface area contributed by atoms with Gasteiger partial charge in [0, 0.05) is 43.8 Å². The van der Waals surface area contributed by atoms with E-state index < -0.39 is 5.97 Å². The summed E-state index contributed by atoms with van der Waals surface area (Å²) in [5.41, 5.74) is 4.97. The Morgan fingerprint density at radius 1 is 1.14 bits per heavy atom. The van der Waals surface area contributed by atoms with E-state index in [4.69, 9.17) is 17.0 Å². The molecule has 0 radical (unpaired) electrons. The lowest BCUT2D eigenvalue weighted by atomic mass is 9.96. The van der Waals surface area contributed by atoms with Crippen LogP contribution in [0.1, 0.15) is 51.5 Å². The maximum absolute atomic E-state index is 12.0. The lowest BCUT2D eigenvalue weighted by Gasteiger charge is -2.30. The van der Waals surface area contributed by atoms with Crippen molar-refractivity contribution in [3.8, 4) is 5.69 Å². The molecule has 3 aromatic rings. The number of thiocarbonyl (C=S) groups is 1. The average Bonchev–Trinajstić information content (AvgIpc) is 3.39. The molecule has 0 amide bonds. The number of para-hydroxylation sites is 1. The SMILES string of the molecule is Cc1cc([C@H]2[C@@H](c3ccccn3)NC(=S)N2CCCN2CCOCC2)c(C)n1-c1ccccc1C(=O)O. The zero-order valence-corrected chi connectivity index (χ0v) is 22.1. The van der Waals surface area contributed by atoms with Crippen molar-refractivity contribution in [2.45, 2.75) is 32.4 Å². The predicted octanol–water partition coefficient (Wildman–Crippen LogP) is 3.88. The second kappa shape index (κ2) is 11.0. The van der Waals surface area contributed by atoms with Crippen molar-refractivity contribution >= 4 is 23.3 Å². The van der Waals surface area contributed by atoms with E-state index in [2.05, 4.69) is 33.1 Å². The number of carboxylic acid groups (broad SMARTS) is 1. The number of aryl methyl sites for hydroxylation is 1. The molecule has 5 rings (SSSR count). The molecule has 37 heavy (non-hydrogen) atoms. The number of rotatable bonds is 8. The van der Waals surface area contributed by atoms with Gasteiger partial charge in [-0.2, -0.15) is 0 Å². The van der Waals surface area contributed by atoms with Crippen molar-refractivity contribution in [2.75, 3.05) is 39.4 Å². The number of benzene rings is 1. The fraction of sp³-hybridized carbons (Fsp3) is 0.393. The van der Waals surface area contributed by atoms with Crippen molar-refractivity contribution in [3.63, 3.8) is 0 Å². The van der Waals surface area contributed by atoms with Gasteiger partial charge in [0.05, 0.1) is 42.2 Å². The molecule has 0 saturated carbocycles. The Bertz CT molecular complexity index is 1270. The van der Waals surface area contributed by atoms with Gasteiger partial charge in [-0.3, -0.25) is 9.88 Å². The molecule has 2 aliphatic rings. The van der Waals surface area contributed by atoms with Crippen molar-refractivity contribution in [2.24, 2.45) is 0 Å². The molecule has 194 valence electrons. The molecule has 2 atom stereocenters. The lowest BCUT2D eigenvalue weighted by molar-refractivity contribution is 0.0365. The van der Waals surface area contributed by atoms with Gasteiger partial charge in [0.25, 0.3) is 0 Å². The zero-order valence-electron chi connectivity index (χ0n) is 21.3. The molecule has 2 N–H and O–H groups in total. The number of hydrogen-bond acceptors (Lipinski definition) is 5. The highest BCUT2D eigenvalue weighted by molar-refractivity contribution is 7.80. The zero-order chi connectivity index (χ0) is 25.9. The normalized spacial score (nSPS) is 20.3. The quantitative estimate of drug-likeness (QED) is 0.434. The number of hydrogen-bond donors (Lipinski definition) is 2. The van der Waals surface area contributed by atoms with Crippen molar-refractivity contribution in [3.05, 3.63) is 82.9 Å². The summed E-state index contributed by atoms with van der Waals surface area (Å²) in [6.07, 6.45) is 2.79. The molecule has 4 heterocycles. The summed E-state index contributed by atoms with van der Waals surface area (Å²) in [6.45, 7) is 9.40. The second-order valence-corrected chi connectivity index (χ2v) is 10.00. The van der Waals surface area contributed by atoms with Gasteiger partial charge in [0.2, 0.25) is 0 Å². The van der Waals surface area contributed by atoms with Crippen LogP contribution < -0.4 is 5.32 Å². The Kier molecular flexibility index (Phi) is 7.55. The minimum atomic E-state index is -0.940. The van der Waals surface area contributed by atoms with Gasteiger partial charge in [-0.05, 0) is 68.4 Å². The van der Waals surface area contributed by atoms with E-state index in [-0.39, 0.29) is 17.6 Å². The number of ether oxygens (including phenoxy) is 1. The van der Waals surface area contributed by atoms with E-state index >= 15 is 0 Å². The lowest BCUT2D eigenvalue weighted by Crippen LogP contribution is -2.39. The van der Waals surface area contributed by atoms with E-state index in [0.717, 1.165) is 73.6 Å². The highest BCUT2D eigenvalue weighted by Gasteiger charge is 2.41. The number of nitrogens with zero attached hydrogens (tertiary/aromatic N) is 4. The van der Waals surface area contributed by atoms with Crippen LogP contribution in [0.4, 0.5) is 0 Å². The second-order valence-electron chi connectivity index (χ2n) is 9.61. The highest BCUT2D eigenvalue weighted by Crippen LogP contribution is 2.41. The number of carbonyl (C=O) groups is 1. The van der Waals surface area contributed by atoms with Crippen LogP contribution in [0, 0.1) is 13.8 Å². The van der Waals surface area contributed by atoms with Crippen LogP contribution in [0.3, 0.4) is 0 Å². The molecule has 9 heteroatoms. The number of morpholine rings is 1. The van der Waals surface area contributed by atoms with Gasteiger partial charge in [-0.1, -0.05) is 18.2 Å². The molecule has 0 spiro atoms. The van der Waals surface area contributed by atoms with Crippen LogP contribution in [0.15, 0.2) is 54.7 Å². The Morgan fingerprint density at radius 3 is 2.62 bits per heavy atom. The molecule has 2 fully saturated rings. The summed E-state index contributed by atoms with van der Waals surface area (Å²) in [5, 5.41) is 14.1. The van der Waals surface area contributed by atoms with Crippen LogP contribution in [0.5, 0.6) is 0 Å². The summed E-state index contributed by atoms with van der Waals surface area (Å²) in [4.78, 5) is 21.4. The largest absolute Gasteiger partial charge is 0.478 e. The first-order valence-corrected chi connectivity index (χ1v) is 13.2. The fourth-order valence-electron chi connectivity index (χ4n) is 5.58. The van der Waals surface area contributed by atoms with Gasteiger partial charge in [-0.15, -0.1) is 0 Å². The monoisotopic (exact) mass is 519 g/mol. The van der Waals surface area contributed by atoms with Gasteiger partial charge in [0.15, 0.2) is 5.11 Å². The summed E-state index contributed by atoms with van der Waals surface area (Å²) >= 11 is 5.86. The van der Waals surface area contributed by atoms with Crippen LogP contribution in [0.25, 0.3) is 5.69 Å². The van der Waals surface area contributed by atoms with Gasteiger partial charge < -0.3 is 24.6 Å². The van der Waals surface area contributed by atoms with E-state index in [0.29, 0.717) is 5.69 Å². The summed E-state index contributed by atoms with van der Waals surface area (Å²) in [7, 11) is 0. The van der Waals surface area contributed by atoms with Crippen LogP contribution in [-0.4, -0.2) is 74.9 Å². The Hall–Kier alpha value is -3.27. The first-order chi connectivity index (χ1) is 18.0. The third kappa shape index (κ3) is 5.12. The summed E-state index contributed by atoms with van der Waals surface area (Å²) in [5.74, 6) is -0.940. The minimum absolute atomic E-state index is 0.0657. The molecular formula is C28H33N5O3S. The molecule has 2 saturated heterocycles. The topological polar surface area (TPSA) is 82.9 Å². The fourth-order valence-corrected chi connectivity index (χ4v) is 5.91. The van der Waals surface area contributed by atoms with Crippen molar-refractivity contribution in [1.82, 2.24) is 24.7 Å². The van der Waals surface area contributed by atoms with Crippen LogP contribution in [0.2, 0.25) is 0 Å². The molecule has 8 nitrogen and oxygen atoms in total. The van der Waals surface area contributed by atoms with E-state index in [1.165, 1.54) is 0 Å². The number of carboxylic acids is 1. The molecule has 2 aromatic heterocycles. The van der Waals surface area contributed by atoms with Crippen molar-refractivity contribution in [1.29, 1.82) is 0 Å². The van der Waals surface area contributed by atoms with Crippen LogP contribution >= 0.6 is 12.2 Å². The molecule has 0 unspecified atom stereocenters. The number of nitrogens with one attached hydrogen (secondary N) is 1. The van der Waals surface area contributed by atoms with E-state index in [9.17, 15) is 9.90 Å². The van der Waals surface area contributed by atoms with Crippen molar-refractivity contribution < 1.29 is 14.6 Å². The first-order valence-electron chi connectivity index (χ1n) is 12.8. The number of aromatic carboxylic acids is 1. The third-order valence-corrected chi connectivity index (χ3v) is 7.69. The maximum atomic E-state index is 12.0. The first kappa shape index (κ1) is 25.4. The highest BCUT2D eigenvalue weighted by atomic mass is 32.1. The molecule has 2 aliphatic heterocycles. The molecule has 0 aliphatic carbocycles. The number of pyridine rings is 1. The smallest absolute Gasteiger partial charge is 0.337 e. The molecule has 0 bridgehead atoms. The third-order valence-electron chi connectivity index (χ3n) is 7.34. The Morgan fingerprint density at radius 2 is 1.89 bits per heavy atom. The Balaban J connectivity index is 1.51. The van der Waals surface area contributed by atoms with Gasteiger partial charge >= 0.3 is 5.97 Å². The minimum Gasteiger partial charge on any atom is -0.478 e. The number of aromatic nitrogens is 2. The van der Waals surface area contributed by atoms with E-state index in [1.54, 1.807) is 12.1 Å². The molecule has 1 aromatic carbocycles. The Labute approximate surface area is 222 Å². The maximum Gasteiger partial charge on any atom is 0.337 e. The summed E-state index contributed by atoms with van der Waals surface area (Å²) < 4.78 is 7.54. The molecular weight excluding hydrogens is 486 g/mol. The summed E-state index contributed by atoms with van der Waals surface area (Å²) in [6, 6.07) is 15.1. The predicted molar refractivity (Wildman–Crippen MR) is 146 cm³/mol. The van der Waals surface area contributed by atoms with Gasteiger partial charge in [0.1, 0.15) is 0 Å². The van der Waals surface area contributed by atoms with E-state index in [1.807, 2.05) is 48.0 Å².